The van der Waals surface area contributed by atoms with Gasteiger partial charge in [0, 0.05) is 73.6 Å². The number of hydrogen-bond acceptors (Lipinski definition) is 12. The van der Waals surface area contributed by atoms with Crippen LogP contribution in [0.2, 0.25) is 0 Å². The van der Waals surface area contributed by atoms with Gasteiger partial charge < -0.3 is 42.2 Å². The molecule has 0 N–H and O–H groups in total. The highest BCUT2D eigenvalue weighted by Gasteiger charge is 2.19. The van der Waals surface area contributed by atoms with Crippen LogP contribution < -0.4 is 31.0 Å². The second kappa shape index (κ2) is 17.8. The summed E-state index contributed by atoms with van der Waals surface area (Å²) in [6.45, 7) is 8.48. The monoisotopic (exact) mass is 843 g/mol. The number of ether oxygens (including phenoxy) is 3. The maximum absolute atomic E-state index is 12.4. The number of morpholine rings is 3. The smallest absolute Gasteiger partial charge is 0.200 e. The highest BCUT2D eigenvalue weighted by atomic mass is 16.5. The zero-order valence-electron chi connectivity index (χ0n) is 34.6. The quantitative estimate of drug-likeness (QED) is 0.159. The van der Waals surface area contributed by atoms with Crippen LogP contribution in [0, 0.1) is 0 Å². The van der Waals surface area contributed by atoms with Crippen LogP contribution >= 0.6 is 0 Å². The molecule has 3 aliphatic heterocycles. The highest BCUT2D eigenvalue weighted by Crippen LogP contribution is 2.30. The lowest BCUT2D eigenvalue weighted by molar-refractivity contribution is 0.120. The van der Waals surface area contributed by atoms with Gasteiger partial charge in [0.2, 0.25) is 0 Å². The fourth-order valence-electron chi connectivity index (χ4n) is 8.43. The molecule has 0 saturated carbocycles. The normalized spacial score (nSPS) is 15.7. The minimum atomic E-state index is 0.00324. The molecule has 3 fully saturated rings. The molecule has 0 aliphatic carbocycles. The maximum Gasteiger partial charge on any atom is 0.200 e. The van der Waals surface area contributed by atoms with E-state index >= 15 is 0 Å². The van der Waals surface area contributed by atoms with Gasteiger partial charge in [-0.15, -0.1) is 0 Å². The van der Waals surface area contributed by atoms with Crippen molar-refractivity contribution in [2.24, 2.45) is 0 Å². The zero-order valence-corrected chi connectivity index (χ0v) is 34.6. The Balaban J connectivity index is 0.000000112. The molecule has 0 bridgehead atoms. The van der Waals surface area contributed by atoms with Gasteiger partial charge in [0.15, 0.2) is 33.9 Å². The predicted octanol–water partition coefficient (Wildman–Crippen LogP) is 8.35. The van der Waals surface area contributed by atoms with E-state index in [1.807, 2.05) is 109 Å². The molecule has 0 radical (unpaired) electrons. The summed E-state index contributed by atoms with van der Waals surface area (Å²) in [6, 6.07) is 40.0. The average molecular weight is 844 g/mol. The van der Waals surface area contributed by atoms with Gasteiger partial charge in [-0.05, 0) is 34.4 Å². The van der Waals surface area contributed by atoms with Gasteiger partial charge in [-0.2, -0.15) is 0 Å². The van der Waals surface area contributed by atoms with E-state index in [0.29, 0.717) is 90.2 Å². The Bertz CT molecular complexity index is 2940. The Morgan fingerprint density at radius 3 is 0.873 bits per heavy atom. The Morgan fingerprint density at radius 2 is 0.587 bits per heavy atom. The average Bonchev–Trinajstić information content (AvgIpc) is 3.35. The lowest BCUT2D eigenvalue weighted by Gasteiger charge is -2.27. The van der Waals surface area contributed by atoms with Crippen LogP contribution in [-0.2, 0) is 14.2 Å². The first-order chi connectivity index (χ1) is 31.0. The molecule has 6 heterocycles. The summed E-state index contributed by atoms with van der Waals surface area (Å²) in [7, 11) is 0. The van der Waals surface area contributed by atoms with Gasteiger partial charge >= 0.3 is 0 Å². The van der Waals surface area contributed by atoms with Crippen molar-refractivity contribution in [1.82, 2.24) is 0 Å². The third-order valence-corrected chi connectivity index (χ3v) is 11.8. The number of hydrogen-bond donors (Lipinski definition) is 0. The van der Waals surface area contributed by atoms with E-state index in [4.69, 9.17) is 27.5 Å². The first-order valence-corrected chi connectivity index (χ1v) is 21.3. The Hall–Kier alpha value is -6.99. The molecule has 0 unspecified atom stereocenters. The molecule has 3 saturated heterocycles. The lowest BCUT2D eigenvalue weighted by Crippen LogP contribution is -2.36. The largest absolute Gasteiger partial charge is 0.440 e. The van der Waals surface area contributed by atoms with Crippen LogP contribution in [0.1, 0.15) is 0 Å². The van der Waals surface area contributed by atoms with Gasteiger partial charge in [-0.25, -0.2) is 0 Å². The van der Waals surface area contributed by atoms with Gasteiger partial charge in [-0.1, -0.05) is 91.0 Å². The van der Waals surface area contributed by atoms with Crippen LogP contribution in [0.5, 0.6) is 0 Å². The van der Waals surface area contributed by atoms with E-state index in [2.05, 4.69) is 14.7 Å². The van der Waals surface area contributed by atoms with Crippen LogP contribution in [0.25, 0.3) is 65.2 Å². The van der Waals surface area contributed by atoms with Crippen LogP contribution in [0.4, 0.5) is 17.7 Å². The van der Waals surface area contributed by atoms with Gasteiger partial charge in [0.1, 0.15) is 16.7 Å². The second-order valence-electron chi connectivity index (χ2n) is 15.6. The SMILES string of the molecule is O=c1cc(N2CCOCC2)oc2c1ccc1ccccc12.O=c1cc(N2CCOCC2)oc2c1ccc1ccccc12.O=c1cc(N2CCOCC2)oc2c1ccc1ccccc12. The summed E-state index contributed by atoms with van der Waals surface area (Å²) in [5, 5.41) is 8.04. The van der Waals surface area contributed by atoms with Gasteiger partial charge in [0.05, 0.1) is 55.8 Å². The fraction of sp³-hybridized carbons (Fsp3) is 0.235. The third kappa shape index (κ3) is 8.23. The van der Waals surface area contributed by atoms with Crippen molar-refractivity contribution in [2.45, 2.75) is 0 Å². The van der Waals surface area contributed by atoms with Crippen molar-refractivity contribution in [2.75, 3.05) is 93.6 Å². The van der Waals surface area contributed by atoms with Crippen LogP contribution in [0.15, 0.2) is 155 Å². The molecule has 6 aromatic carbocycles. The van der Waals surface area contributed by atoms with Crippen molar-refractivity contribution < 1.29 is 27.5 Å². The summed E-state index contributed by atoms with van der Waals surface area (Å²) in [4.78, 5) is 43.3. The van der Waals surface area contributed by atoms with Crippen molar-refractivity contribution in [3.63, 3.8) is 0 Å². The summed E-state index contributed by atoms with van der Waals surface area (Å²) in [6.07, 6.45) is 0. The molecule has 3 aromatic heterocycles. The number of rotatable bonds is 3. The maximum atomic E-state index is 12.4. The Kier molecular flexibility index (Phi) is 11.3. The molecule has 0 atom stereocenters. The third-order valence-electron chi connectivity index (χ3n) is 11.8. The van der Waals surface area contributed by atoms with Crippen molar-refractivity contribution in [3.05, 3.63) is 158 Å². The van der Waals surface area contributed by atoms with E-state index < -0.39 is 0 Å². The topological polar surface area (TPSA) is 128 Å². The molecular formula is C51H45N3O9. The molecule has 12 heteroatoms. The predicted molar refractivity (Wildman–Crippen MR) is 249 cm³/mol. The van der Waals surface area contributed by atoms with E-state index in [-0.39, 0.29) is 16.3 Å². The molecule has 3 aliphatic rings. The molecule has 318 valence electrons. The standard InChI is InChI=1S/3C17H15NO3/c3*19-15-11-16(18-7-9-20-10-8-18)21-17-13-4-2-1-3-12(13)5-6-14(15)17/h3*1-6,11H,7-10H2. The molecule has 0 amide bonds. The van der Waals surface area contributed by atoms with E-state index in [1.54, 1.807) is 18.2 Å². The molecule has 12 nitrogen and oxygen atoms in total. The van der Waals surface area contributed by atoms with Crippen molar-refractivity contribution in [3.8, 4) is 0 Å². The van der Waals surface area contributed by atoms with Gasteiger partial charge in [-0.3, -0.25) is 14.4 Å². The highest BCUT2D eigenvalue weighted by molar-refractivity contribution is 6.06. The Morgan fingerprint density at radius 1 is 0.317 bits per heavy atom. The van der Waals surface area contributed by atoms with Crippen LogP contribution in [0.3, 0.4) is 0 Å². The minimum absolute atomic E-state index is 0.00324. The number of fused-ring (bicyclic) bond motifs is 9. The summed E-state index contributed by atoms with van der Waals surface area (Å²) in [5.41, 5.74) is 2.02. The lowest BCUT2D eigenvalue weighted by atomic mass is 10.1. The first-order valence-electron chi connectivity index (χ1n) is 21.3. The van der Waals surface area contributed by atoms with Crippen LogP contribution in [-0.4, -0.2) is 78.9 Å². The summed E-state index contributed by atoms with van der Waals surface area (Å²) < 4.78 is 34.2. The molecule has 0 spiro atoms. The van der Waals surface area contributed by atoms with Crippen molar-refractivity contribution in [1.29, 1.82) is 0 Å². The van der Waals surface area contributed by atoms with Gasteiger partial charge in [0.25, 0.3) is 0 Å². The zero-order chi connectivity index (χ0) is 42.7. The van der Waals surface area contributed by atoms with E-state index in [0.717, 1.165) is 71.6 Å². The molecule has 63 heavy (non-hydrogen) atoms. The fourth-order valence-corrected chi connectivity index (χ4v) is 8.43. The summed E-state index contributed by atoms with van der Waals surface area (Å²) >= 11 is 0. The molecule has 12 rings (SSSR count). The Labute approximate surface area is 361 Å². The minimum Gasteiger partial charge on any atom is -0.440 e. The van der Waals surface area contributed by atoms with E-state index in [9.17, 15) is 14.4 Å². The van der Waals surface area contributed by atoms with Crippen molar-refractivity contribution >= 4 is 82.9 Å². The number of nitrogens with zero attached hydrogens (tertiary/aromatic N) is 3. The number of anilines is 3. The molecular weight excluding hydrogens is 799 g/mol. The van der Waals surface area contributed by atoms with E-state index in [1.165, 1.54) is 0 Å². The summed E-state index contributed by atoms with van der Waals surface area (Å²) in [5.74, 6) is 1.89. The molecule has 9 aromatic rings. The second-order valence-corrected chi connectivity index (χ2v) is 15.6. The first kappa shape index (κ1) is 40.1. The number of benzene rings is 6.